The minimum atomic E-state index is -0.583. The van der Waals surface area contributed by atoms with Crippen molar-refractivity contribution in [1.82, 2.24) is 0 Å². The highest BCUT2D eigenvalue weighted by molar-refractivity contribution is 6.05. The molecule has 0 N–H and O–H groups in total. The summed E-state index contributed by atoms with van der Waals surface area (Å²) in [6.45, 7) is 6.52. The van der Waals surface area contributed by atoms with Gasteiger partial charge in [0.2, 0.25) is 0 Å². The molecule has 12 rings (SSSR count). The second kappa shape index (κ2) is 17.5. The highest BCUT2D eigenvalue weighted by Gasteiger charge is 2.46. The van der Waals surface area contributed by atoms with Gasteiger partial charge in [-0.05, 0) is 138 Å². The number of anilines is 3. The Morgan fingerprint density at radius 3 is 1.42 bits per heavy atom. The summed E-state index contributed by atoms with van der Waals surface area (Å²) in [6.07, 6.45) is 8.51. The molecular weight excluding hydrogens is 831 g/mol. The van der Waals surface area contributed by atoms with E-state index in [0.29, 0.717) is 0 Å². The van der Waals surface area contributed by atoms with E-state index in [0.717, 1.165) is 33.8 Å². The van der Waals surface area contributed by atoms with Gasteiger partial charge in [-0.25, -0.2) is 0 Å². The maximum Gasteiger partial charge on any atom is 0.0713 e. The highest BCUT2D eigenvalue weighted by atomic mass is 15.1. The Balaban J connectivity index is 1.16. The molecule has 1 unspecified atom stereocenters. The Morgan fingerprint density at radius 1 is 0.377 bits per heavy atom. The molecule has 10 aromatic carbocycles. The maximum atomic E-state index is 4.45. The fourth-order valence-corrected chi connectivity index (χ4v) is 11.2. The molecule has 10 aromatic rings. The van der Waals surface area contributed by atoms with E-state index >= 15 is 0 Å². The molecule has 0 spiro atoms. The monoisotopic (exact) mass is 879 g/mol. The quantitative estimate of drug-likeness (QED) is 0.131. The van der Waals surface area contributed by atoms with E-state index in [2.05, 4.69) is 279 Å². The van der Waals surface area contributed by atoms with E-state index in [1.807, 2.05) is 6.08 Å². The van der Waals surface area contributed by atoms with Crippen LogP contribution in [0.25, 0.3) is 77.9 Å². The van der Waals surface area contributed by atoms with Crippen LogP contribution in [-0.2, 0) is 5.41 Å². The third-order valence-electron chi connectivity index (χ3n) is 14.2. The standard InChI is InChI=1S/C68H49N/c1-3-5-27-50(4-2)68(51-28-13-8-14-29-51)65-37-22-21-36-61(65)64-46-53(40-42-66(64)68)69(67-43-38-49(47-23-9-6-10-24-47)44-62(67)48-25-11-7-12-26-48)52-39-41-60-58-34-18-17-32-56(58)54-30-15-16-31-55(54)57-33-19-20-35-59(57)63(60)45-52/h3-46H,2H2,1H3/b5-3-,50-27+,56-54?,57-55?,60-58?,63-59?. The van der Waals surface area contributed by atoms with E-state index in [1.54, 1.807) is 0 Å². The second-order valence-corrected chi connectivity index (χ2v) is 17.9. The van der Waals surface area contributed by atoms with E-state index < -0.39 is 5.41 Å². The molecule has 0 fully saturated rings. The van der Waals surface area contributed by atoms with Crippen LogP contribution in [-0.4, -0.2) is 0 Å². The zero-order valence-electron chi connectivity index (χ0n) is 38.6. The van der Waals surface area contributed by atoms with E-state index in [4.69, 9.17) is 0 Å². The normalized spacial score (nSPS) is 14.3. The third kappa shape index (κ3) is 6.85. The summed E-state index contributed by atoms with van der Waals surface area (Å²) >= 11 is 0. The van der Waals surface area contributed by atoms with Crippen LogP contribution >= 0.6 is 0 Å². The summed E-state index contributed by atoms with van der Waals surface area (Å²) in [5, 5.41) is 0. The van der Waals surface area contributed by atoms with Crippen molar-refractivity contribution < 1.29 is 0 Å². The summed E-state index contributed by atoms with van der Waals surface area (Å²) in [4.78, 5) is 2.49. The molecule has 0 bridgehead atoms. The van der Waals surface area contributed by atoms with Crippen LogP contribution < -0.4 is 4.90 Å². The van der Waals surface area contributed by atoms with E-state index in [-0.39, 0.29) is 0 Å². The lowest BCUT2D eigenvalue weighted by Crippen LogP contribution is -2.29. The van der Waals surface area contributed by atoms with Gasteiger partial charge >= 0.3 is 0 Å². The molecule has 1 nitrogen and oxygen atoms in total. The Hall–Kier alpha value is -8.78. The van der Waals surface area contributed by atoms with Gasteiger partial charge in [-0.1, -0.05) is 237 Å². The summed E-state index contributed by atoms with van der Waals surface area (Å²) in [5.41, 5.74) is 24.3. The van der Waals surface area contributed by atoms with Crippen molar-refractivity contribution in [3.05, 3.63) is 296 Å². The van der Waals surface area contributed by atoms with Gasteiger partial charge in [0.05, 0.1) is 11.1 Å². The smallest absolute Gasteiger partial charge is 0.0713 e. The van der Waals surface area contributed by atoms with E-state index in [1.165, 1.54) is 83.5 Å². The van der Waals surface area contributed by atoms with Gasteiger partial charge in [-0.15, -0.1) is 0 Å². The number of fused-ring (bicyclic) bond motifs is 11. The molecular formula is C68H49N. The minimum Gasteiger partial charge on any atom is -0.310 e. The maximum absolute atomic E-state index is 4.45. The molecule has 0 heterocycles. The predicted octanol–water partition coefficient (Wildman–Crippen LogP) is 18.5. The summed E-state index contributed by atoms with van der Waals surface area (Å²) in [5.74, 6) is 0. The van der Waals surface area contributed by atoms with Crippen molar-refractivity contribution in [2.45, 2.75) is 12.3 Å². The predicted molar refractivity (Wildman–Crippen MR) is 292 cm³/mol. The minimum absolute atomic E-state index is 0.583. The van der Waals surface area contributed by atoms with Crippen LogP contribution in [0.1, 0.15) is 23.6 Å². The van der Waals surface area contributed by atoms with Crippen molar-refractivity contribution in [2.75, 3.05) is 4.90 Å². The number of rotatable bonds is 9. The topological polar surface area (TPSA) is 3.24 Å². The Morgan fingerprint density at radius 2 is 0.841 bits per heavy atom. The average molecular weight is 880 g/mol. The van der Waals surface area contributed by atoms with Crippen LogP contribution in [0.3, 0.4) is 0 Å². The van der Waals surface area contributed by atoms with Gasteiger partial charge in [-0.3, -0.25) is 0 Å². The fourth-order valence-electron chi connectivity index (χ4n) is 11.2. The molecule has 0 aromatic heterocycles. The molecule has 1 heteroatoms. The lowest BCUT2D eigenvalue weighted by atomic mass is 9.67. The molecule has 69 heavy (non-hydrogen) atoms. The number of hydrogen-bond donors (Lipinski definition) is 0. The molecule has 1 atom stereocenters. The molecule has 2 aliphatic carbocycles. The number of allylic oxidation sites excluding steroid dienone is 5. The number of nitrogens with zero attached hydrogens (tertiary/aromatic N) is 1. The molecule has 0 radical (unpaired) electrons. The zero-order chi connectivity index (χ0) is 46.3. The average Bonchev–Trinajstić information content (AvgIpc) is 3.72. The lowest BCUT2D eigenvalue weighted by molar-refractivity contribution is 0.767. The van der Waals surface area contributed by atoms with Crippen molar-refractivity contribution in [1.29, 1.82) is 0 Å². The van der Waals surface area contributed by atoms with Crippen molar-refractivity contribution >= 4 is 17.1 Å². The van der Waals surface area contributed by atoms with Gasteiger partial charge < -0.3 is 4.90 Å². The van der Waals surface area contributed by atoms with Crippen molar-refractivity contribution in [3.63, 3.8) is 0 Å². The SMILES string of the molecule is C=C/C(=C\C=C/C)C1(c2ccccc2)c2ccccc2-c2cc(N(c3ccc4c(c3)-c3ccccc3-c3ccccc3-c3ccccc3-4)c3ccc(-c4ccccc4)cc3-c3ccccc3)ccc21. The first-order chi connectivity index (χ1) is 34.2. The lowest BCUT2D eigenvalue weighted by Gasteiger charge is -2.35. The van der Waals surface area contributed by atoms with Crippen molar-refractivity contribution in [2.24, 2.45) is 0 Å². The Kier molecular flexibility index (Phi) is 10.5. The first-order valence-corrected chi connectivity index (χ1v) is 23.9. The van der Waals surface area contributed by atoms with E-state index in [9.17, 15) is 0 Å². The van der Waals surface area contributed by atoms with Gasteiger partial charge in [0.25, 0.3) is 0 Å². The van der Waals surface area contributed by atoms with Crippen LogP contribution in [0.4, 0.5) is 17.1 Å². The molecule has 0 amide bonds. The van der Waals surface area contributed by atoms with Gasteiger partial charge in [0.1, 0.15) is 0 Å². The molecule has 0 saturated heterocycles. The summed E-state index contributed by atoms with van der Waals surface area (Å²) < 4.78 is 0. The molecule has 326 valence electrons. The third-order valence-corrected chi connectivity index (χ3v) is 14.2. The van der Waals surface area contributed by atoms with Gasteiger partial charge in [0.15, 0.2) is 0 Å². The summed E-state index contributed by atoms with van der Waals surface area (Å²) in [7, 11) is 0. The zero-order valence-corrected chi connectivity index (χ0v) is 38.6. The Labute approximate surface area is 406 Å². The first-order valence-electron chi connectivity index (χ1n) is 23.9. The highest BCUT2D eigenvalue weighted by Crippen LogP contribution is 2.58. The van der Waals surface area contributed by atoms with Gasteiger partial charge in [0, 0.05) is 16.9 Å². The van der Waals surface area contributed by atoms with Crippen LogP contribution in [0.15, 0.2) is 279 Å². The molecule has 0 aliphatic heterocycles. The van der Waals surface area contributed by atoms with Crippen LogP contribution in [0, 0.1) is 0 Å². The van der Waals surface area contributed by atoms with Crippen molar-refractivity contribution in [3.8, 4) is 77.9 Å². The molecule has 2 aliphatic rings. The fraction of sp³-hybridized carbons (Fsp3) is 0.0294. The Bertz CT molecular complexity index is 3630. The summed E-state index contributed by atoms with van der Waals surface area (Å²) in [6, 6.07) is 89.4. The largest absolute Gasteiger partial charge is 0.310 e. The van der Waals surface area contributed by atoms with Crippen LogP contribution in [0.2, 0.25) is 0 Å². The van der Waals surface area contributed by atoms with Gasteiger partial charge in [-0.2, -0.15) is 0 Å². The number of hydrogen-bond acceptors (Lipinski definition) is 1. The first kappa shape index (κ1) is 41.6. The molecule has 0 saturated carbocycles. The van der Waals surface area contributed by atoms with Crippen LogP contribution in [0.5, 0.6) is 0 Å². The number of benzene rings is 10. The second-order valence-electron chi connectivity index (χ2n) is 17.9.